The van der Waals surface area contributed by atoms with Gasteiger partial charge in [0.15, 0.2) is 0 Å². The quantitative estimate of drug-likeness (QED) is 0.798. The number of nitrogens with zero attached hydrogens (tertiary/aromatic N) is 2. The topological polar surface area (TPSA) is 79.4 Å². The molecule has 1 atom stereocenters. The largest absolute Gasteiger partial charge is 0.352 e. The second kappa shape index (κ2) is 8.82. The van der Waals surface area contributed by atoms with E-state index in [-0.39, 0.29) is 24.1 Å². The van der Waals surface area contributed by atoms with Crippen molar-refractivity contribution in [3.05, 3.63) is 64.9 Å². The smallest absolute Gasteiger partial charge is 0.224 e. The lowest BCUT2D eigenvalue weighted by atomic mass is 9.99. The summed E-state index contributed by atoms with van der Waals surface area (Å²) < 4.78 is 26.9. The van der Waals surface area contributed by atoms with Gasteiger partial charge in [-0.3, -0.25) is 9.78 Å². The van der Waals surface area contributed by atoms with Gasteiger partial charge in [0.25, 0.3) is 0 Å². The van der Waals surface area contributed by atoms with Gasteiger partial charge in [-0.05, 0) is 42.2 Å². The van der Waals surface area contributed by atoms with Crippen LogP contribution in [0, 0.1) is 5.92 Å². The van der Waals surface area contributed by atoms with Crippen LogP contribution < -0.4 is 5.32 Å². The van der Waals surface area contributed by atoms with E-state index in [9.17, 15) is 13.2 Å². The number of carbonyl (C=O) groups is 1. The van der Waals surface area contributed by atoms with E-state index in [2.05, 4.69) is 10.3 Å². The Morgan fingerprint density at radius 1 is 1.26 bits per heavy atom. The Balaban J connectivity index is 1.60. The molecule has 0 bridgehead atoms. The monoisotopic (exact) mass is 407 g/mol. The van der Waals surface area contributed by atoms with Crippen LogP contribution in [0.2, 0.25) is 5.02 Å². The van der Waals surface area contributed by atoms with Crippen LogP contribution in [0.25, 0.3) is 0 Å². The van der Waals surface area contributed by atoms with E-state index in [1.165, 1.54) is 4.31 Å². The van der Waals surface area contributed by atoms with Crippen LogP contribution in [0.1, 0.15) is 24.0 Å². The van der Waals surface area contributed by atoms with Gasteiger partial charge >= 0.3 is 0 Å². The number of rotatable bonds is 6. The van der Waals surface area contributed by atoms with Gasteiger partial charge in [0.1, 0.15) is 0 Å². The van der Waals surface area contributed by atoms with Crippen LogP contribution in [0.5, 0.6) is 0 Å². The number of nitrogens with one attached hydrogen (secondary N) is 1. The van der Waals surface area contributed by atoms with Crippen molar-refractivity contribution >= 4 is 27.5 Å². The summed E-state index contributed by atoms with van der Waals surface area (Å²) >= 11 is 5.94. The summed E-state index contributed by atoms with van der Waals surface area (Å²) in [6.07, 6.45) is 4.72. The highest BCUT2D eigenvalue weighted by atomic mass is 35.5. The fourth-order valence-corrected chi connectivity index (χ4v) is 4.98. The fourth-order valence-electron chi connectivity index (χ4n) is 3.17. The average Bonchev–Trinajstić information content (AvgIpc) is 2.67. The van der Waals surface area contributed by atoms with Gasteiger partial charge < -0.3 is 5.32 Å². The molecule has 0 spiro atoms. The van der Waals surface area contributed by atoms with Crippen molar-refractivity contribution in [1.29, 1.82) is 0 Å². The number of halogens is 1. The minimum atomic E-state index is -3.50. The molecule has 3 rings (SSSR count). The van der Waals surface area contributed by atoms with E-state index in [1.807, 2.05) is 12.1 Å². The zero-order valence-corrected chi connectivity index (χ0v) is 16.4. The first-order valence-corrected chi connectivity index (χ1v) is 10.8. The summed E-state index contributed by atoms with van der Waals surface area (Å²) in [6, 6.07) is 10.5. The molecule has 1 aliphatic heterocycles. The van der Waals surface area contributed by atoms with Gasteiger partial charge in [0.05, 0.1) is 11.7 Å². The van der Waals surface area contributed by atoms with E-state index in [4.69, 9.17) is 11.6 Å². The number of benzene rings is 1. The summed E-state index contributed by atoms with van der Waals surface area (Å²) in [7, 11) is -3.50. The number of piperidine rings is 1. The minimum Gasteiger partial charge on any atom is -0.352 e. The van der Waals surface area contributed by atoms with Crippen molar-refractivity contribution in [1.82, 2.24) is 14.6 Å². The standard InChI is InChI=1S/C19H22ClN3O3S/c20-18-7-1-4-15(10-18)14-27(25,26)23-9-3-6-17(13-23)19(24)22-12-16-5-2-8-21-11-16/h1-2,4-5,7-8,10-11,17H,3,6,9,12-14H2,(H,22,24). The first-order chi connectivity index (χ1) is 12.9. The predicted octanol–water partition coefficient (Wildman–Crippen LogP) is 2.59. The van der Waals surface area contributed by atoms with Crippen LogP contribution in [0.4, 0.5) is 0 Å². The Bertz CT molecular complexity index is 890. The molecule has 1 fully saturated rings. The van der Waals surface area contributed by atoms with Gasteiger partial charge in [-0.25, -0.2) is 12.7 Å². The maximum absolute atomic E-state index is 12.8. The van der Waals surface area contributed by atoms with Crippen LogP contribution in [0.15, 0.2) is 48.8 Å². The Hall–Kier alpha value is -1.96. The molecule has 0 radical (unpaired) electrons. The highest BCUT2D eigenvalue weighted by Crippen LogP contribution is 2.22. The van der Waals surface area contributed by atoms with Gasteiger partial charge in [0, 0.05) is 37.1 Å². The third-order valence-corrected chi connectivity index (χ3v) is 6.63. The molecule has 8 heteroatoms. The second-order valence-corrected chi connectivity index (χ2v) is 9.07. The number of hydrogen-bond donors (Lipinski definition) is 1. The van der Waals surface area contributed by atoms with Gasteiger partial charge in [-0.1, -0.05) is 29.8 Å². The van der Waals surface area contributed by atoms with Crippen molar-refractivity contribution in [2.24, 2.45) is 5.92 Å². The van der Waals surface area contributed by atoms with Gasteiger partial charge in [-0.2, -0.15) is 0 Å². The molecule has 27 heavy (non-hydrogen) atoms. The summed E-state index contributed by atoms with van der Waals surface area (Å²) in [5, 5.41) is 3.39. The number of carbonyl (C=O) groups excluding carboxylic acids is 1. The molecule has 1 saturated heterocycles. The maximum atomic E-state index is 12.8. The van der Waals surface area contributed by atoms with Crippen molar-refractivity contribution < 1.29 is 13.2 Å². The summed E-state index contributed by atoms with van der Waals surface area (Å²) in [5.41, 5.74) is 1.55. The molecule has 0 aliphatic carbocycles. The van der Waals surface area contributed by atoms with Crippen molar-refractivity contribution in [2.75, 3.05) is 13.1 Å². The van der Waals surface area contributed by atoms with Crippen molar-refractivity contribution in [3.63, 3.8) is 0 Å². The first kappa shape index (κ1) is 19.8. The third kappa shape index (κ3) is 5.51. The SMILES string of the molecule is O=C(NCc1cccnc1)C1CCCN(S(=O)(=O)Cc2cccc(Cl)c2)C1. The highest BCUT2D eigenvalue weighted by molar-refractivity contribution is 7.88. The number of hydrogen-bond acceptors (Lipinski definition) is 4. The Kier molecular flexibility index (Phi) is 6.46. The molecular weight excluding hydrogens is 386 g/mol. The maximum Gasteiger partial charge on any atom is 0.224 e. The first-order valence-electron chi connectivity index (χ1n) is 8.83. The highest BCUT2D eigenvalue weighted by Gasteiger charge is 2.32. The van der Waals surface area contributed by atoms with Gasteiger partial charge in [-0.15, -0.1) is 0 Å². The second-order valence-electron chi connectivity index (χ2n) is 6.66. The molecule has 2 aromatic rings. The lowest BCUT2D eigenvalue weighted by Crippen LogP contribution is -2.45. The molecule has 1 N–H and O–H groups in total. The normalized spacial score (nSPS) is 18.2. The molecule has 144 valence electrons. The molecule has 1 unspecified atom stereocenters. The van der Waals surface area contributed by atoms with E-state index in [0.717, 1.165) is 5.56 Å². The van der Waals surface area contributed by atoms with Crippen LogP contribution in [0.3, 0.4) is 0 Å². The summed E-state index contributed by atoms with van der Waals surface area (Å²) in [6.45, 7) is 1.04. The summed E-state index contributed by atoms with van der Waals surface area (Å²) in [5.74, 6) is -0.580. The van der Waals surface area contributed by atoms with Crippen LogP contribution in [-0.2, 0) is 27.1 Å². The van der Waals surface area contributed by atoms with Gasteiger partial charge in [0.2, 0.25) is 15.9 Å². The zero-order valence-electron chi connectivity index (χ0n) is 14.8. The zero-order chi connectivity index (χ0) is 19.3. The third-order valence-electron chi connectivity index (χ3n) is 4.58. The lowest BCUT2D eigenvalue weighted by Gasteiger charge is -2.31. The fraction of sp³-hybridized carbons (Fsp3) is 0.368. The van der Waals surface area contributed by atoms with E-state index >= 15 is 0 Å². The van der Waals surface area contributed by atoms with Crippen molar-refractivity contribution in [3.8, 4) is 0 Å². The minimum absolute atomic E-state index is 0.114. The van der Waals surface area contributed by atoms with E-state index in [0.29, 0.717) is 36.5 Å². The Labute approximate surface area is 164 Å². The average molecular weight is 408 g/mol. The Morgan fingerprint density at radius 2 is 2.07 bits per heavy atom. The van der Waals surface area contributed by atoms with E-state index < -0.39 is 10.0 Å². The molecular formula is C19H22ClN3O3S. The number of sulfonamides is 1. The number of aromatic nitrogens is 1. The van der Waals surface area contributed by atoms with Crippen LogP contribution in [-0.4, -0.2) is 36.7 Å². The Morgan fingerprint density at radius 3 is 2.81 bits per heavy atom. The molecule has 1 aromatic heterocycles. The molecule has 1 aromatic carbocycles. The lowest BCUT2D eigenvalue weighted by molar-refractivity contribution is -0.126. The molecule has 1 amide bonds. The molecule has 0 saturated carbocycles. The van der Waals surface area contributed by atoms with Crippen molar-refractivity contribution in [2.45, 2.75) is 25.1 Å². The number of amides is 1. The number of pyridine rings is 1. The molecule has 2 heterocycles. The molecule has 1 aliphatic rings. The van der Waals surface area contributed by atoms with Crippen LogP contribution >= 0.6 is 11.6 Å². The summed E-state index contributed by atoms with van der Waals surface area (Å²) in [4.78, 5) is 16.5. The van der Waals surface area contributed by atoms with E-state index in [1.54, 1.807) is 36.7 Å². The predicted molar refractivity (Wildman–Crippen MR) is 104 cm³/mol. The molecule has 6 nitrogen and oxygen atoms in total.